The number of hydrogen-bond acceptors (Lipinski definition) is 4. The lowest BCUT2D eigenvalue weighted by atomic mass is 10.1. The highest BCUT2D eigenvalue weighted by molar-refractivity contribution is 5.78. The number of carbonyl (C=O) groups excluding carboxylic acids is 2. The highest BCUT2D eigenvalue weighted by atomic mass is 16.5. The van der Waals surface area contributed by atoms with Crippen LogP contribution in [-0.2, 0) is 14.3 Å². The Labute approximate surface area is 103 Å². The normalized spacial score (nSPS) is 11.4. The van der Waals surface area contributed by atoms with Gasteiger partial charge in [0, 0.05) is 12.0 Å². The van der Waals surface area contributed by atoms with E-state index in [1.165, 1.54) is 7.11 Å². The summed E-state index contributed by atoms with van der Waals surface area (Å²) in [5.41, 5.74) is -0.204. The monoisotopic (exact) mass is 244 g/mol. The summed E-state index contributed by atoms with van der Waals surface area (Å²) >= 11 is 0. The van der Waals surface area contributed by atoms with Crippen molar-refractivity contribution in [2.24, 2.45) is 0 Å². The van der Waals surface area contributed by atoms with Gasteiger partial charge in [-0.05, 0) is 40.8 Å². The molecule has 0 saturated carbocycles. The van der Waals surface area contributed by atoms with Gasteiger partial charge in [0.05, 0.1) is 13.7 Å². The summed E-state index contributed by atoms with van der Waals surface area (Å²) in [5, 5.41) is 2.89. The number of rotatable bonds is 6. The van der Waals surface area contributed by atoms with Crippen LogP contribution in [0, 0.1) is 0 Å². The largest absolute Gasteiger partial charge is 0.469 e. The van der Waals surface area contributed by atoms with Crippen LogP contribution in [0.25, 0.3) is 0 Å². The van der Waals surface area contributed by atoms with Gasteiger partial charge >= 0.3 is 5.97 Å². The Kier molecular flexibility index (Phi) is 6.80. The summed E-state index contributed by atoms with van der Waals surface area (Å²) in [6.07, 6.45) is 1.09. The van der Waals surface area contributed by atoms with Crippen LogP contribution in [-0.4, -0.2) is 49.6 Å². The van der Waals surface area contributed by atoms with Crippen molar-refractivity contribution in [3.05, 3.63) is 0 Å². The molecule has 0 aliphatic rings. The van der Waals surface area contributed by atoms with Gasteiger partial charge in [0.15, 0.2) is 0 Å². The summed E-state index contributed by atoms with van der Waals surface area (Å²) < 4.78 is 4.54. The molecule has 1 N–H and O–H groups in total. The number of methoxy groups -OCH3 is 1. The minimum atomic E-state index is -0.211. The van der Waals surface area contributed by atoms with Crippen LogP contribution in [0.3, 0.4) is 0 Å². The zero-order chi connectivity index (χ0) is 13.5. The molecule has 5 heteroatoms. The number of amides is 1. The molecule has 0 spiro atoms. The Balaban J connectivity index is 3.75. The number of likely N-dealkylation sites (N-methyl/N-ethyl adjacent to an activating group) is 1. The molecule has 0 radical (unpaired) electrons. The van der Waals surface area contributed by atoms with Crippen LogP contribution in [0.4, 0.5) is 0 Å². The first-order chi connectivity index (χ1) is 7.74. The van der Waals surface area contributed by atoms with Gasteiger partial charge < -0.3 is 10.1 Å². The fourth-order valence-corrected chi connectivity index (χ4v) is 1.38. The molecule has 0 bridgehead atoms. The van der Waals surface area contributed by atoms with Crippen LogP contribution in [0.2, 0.25) is 0 Å². The maximum atomic E-state index is 11.6. The second-order valence-electron chi connectivity index (χ2n) is 5.22. The molecule has 1 amide bonds. The first kappa shape index (κ1) is 15.9. The van der Waals surface area contributed by atoms with Crippen molar-refractivity contribution in [2.45, 2.75) is 39.2 Å². The smallest absolute Gasteiger partial charge is 0.305 e. The van der Waals surface area contributed by atoms with Crippen LogP contribution in [0.15, 0.2) is 0 Å². The number of carbonyl (C=O) groups is 2. The van der Waals surface area contributed by atoms with E-state index in [9.17, 15) is 9.59 Å². The molecule has 0 aromatic heterocycles. The molecule has 0 aliphatic carbocycles. The Morgan fingerprint density at radius 2 is 1.88 bits per heavy atom. The third-order valence-electron chi connectivity index (χ3n) is 2.08. The quantitative estimate of drug-likeness (QED) is 0.702. The van der Waals surface area contributed by atoms with Gasteiger partial charge in [0.1, 0.15) is 0 Å². The molecule has 0 rings (SSSR count). The van der Waals surface area contributed by atoms with Crippen LogP contribution in [0.5, 0.6) is 0 Å². The number of nitrogens with zero attached hydrogens (tertiary/aromatic N) is 1. The van der Waals surface area contributed by atoms with Gasteiger partial charge in [0.25, 0.3) is 0 Å². The van der Waals surface area contributed by atoms with Crippen molar-refractivity contribution in [3.8, 4) is 0 Å². The van der Waals surface area contributed by atoms with E-state index in [4.69, 9.17) is 0 Å². The lowest BCUT2D eigenvalue weighted by Crippen LogP contribution is -2.45. The van der Waals surface area contributed by atoms with Gasteiger partial charge in [-0.2, -0.15) is 0 Å². The molecular weight excluding hydrogens is 220 g/mol. The lowest BCUT2D eigenvalue weighted by Gasteiger charge is -2.23. The summed E-state index contributed by atoms with van der Waals surface area (Å²) in [7, 11) is 3.24. The summed E-state index contributed by atoms with van der Waals surface area (Å²) in [6.45, 7) is 6.89. The summed E-state index contributed by atoms with van der Waals surface area (Å²) in [5.74, 6) is -0.212. The highest BCUT2D eigenvalue weighted by Crippen LogP contribution is 1.99. The Bertz CT molecular complexity index is 259. The van der Waals surface area contributed by atoms with Gasteiger partial charge in [0.2, 0.25) is 5.91 Å². The second kappa shape index (κ2) is 7.27. The molecule has 0 aromatic carbocycles. The predicted octanol–water partition coefficient (Wildman–Crippen LogP) is 0.786. The molecule has 0 heterocycles. The van der Waals surface area contributed by atoms with Crippen molar-refractivity contribution >= 4 is 11.9 Å². The molecule has 0 aliphatic heterocycles. The zero-order valence-electron chi connectivity index (χ0n) is 11.5. The summed E-state index contributed by atoms with van der Waals surface area (Å²) in [4.78, 5) is 24.4. The van der Waals surface area contributed by atoms with E-state index in [1.807, 2.05) is 32.7 Å². The predicted molar refractivity (Wildman–Crippen MR) is 66.6 cm³/mol. The van der Waals surface area contributed by atoms with E-state index >= 15 is 0 Å². The molecule has 0 saturated heterocycles. The third-order valence-corrected chi connectivity index (χ3v) is 2.08. The van der Waals surface area contributed by atoms with Gasteiger partial charge in [-0.15, -0.1) is 0 Å². The molecule has 0 aromatic rings. The minimum Gasteiger partial charge on any atom is -0.469 e. The maximum absolute atomic E-state index is 11.6. The molecule has 100 valence electrons. The van der Waals surface area contributed by atoms with Crippen LogP contribution >= 0.6 is 0 Å². The van der Waals surface area contributed by atoms with E-state index in [0.717, 1.165) is 0 Å². The molecule has 0 atom stereocenters. The first-order valence-electron chi connectivity index (χ1n) is 5.81. The lowest BCUT2D eigenvalue weighted by molar-refractivity contribution is -0.140. The van der Waals surface area contributed by atoms with Crippen molar-refractivity contribution in [1.82, 2.24) is 10.2 Å². The SMILES string of the molecule is COC(=O)CCCN(C)CC(=O)NC(C)(C)C. The standard InChI is InChI=1S/C12H24N2O3/c1-12(2,3)13-10(15)9-14(4)8-6-7-11(16)17-5/h6-9H2,1-5H3,(H,13,15). The van der Waals surface area contributed by atoms with E-state index in [1.54, 1.807) is 0 Å². The molecule has 0 unspecified atom stereocenters. The van der Waals surface area contributed by atoms with Crippen molar-refractivity contribution < 1.29 is 14.3 Å². The molecular formula is C12H24N2O3. The molecule has 5 nitrogen and oxygen atoms in total. The number of ether oxygens (including phenoxy) is 1. The van der Waals surface area contributed by atoms with Crippen LogP contribution in [0.1, 0.15) is 33.6 Å². The topological polar surface area (TPSA) is 58.6 Å². The molecule has 17 heavy (non-hydrogen) atoms. The minimum absolute atomic E-state index is 0.00179. The average molecular weight is 244 g/mol. The number of esters is 1. The van der Waals surface area contributed by atoms with Gasteiger partial charge in [-0.3, -0.25) is 14.5 Å². The van der Waals surface area contributed by atoms with Crippen LogP contribution < -0.4 is 5.32 Å². The average Bonchev–Trinajstić information content (AvgIpc) is 2.13. The van der Waals surface area contributed by atoms with Gasteiger partial charge in [-0.25, -0.2) is 0 Å². The van der Waals surface area contributed by atoms with E-state index in [-0.39, 0.29) is 17.4 Å². The zero-order valence-corrected chi connectivity index (χ0v) is 11.5. The maximum Gasteiger partial charge on any atom is 0.305 e. The fraction of sp³-hybridized carbons (Fsp3) is 0.833. The van der Waals surface area contributed by atoms with Crippen molar-refractivity contribution in [3.63, 3.8) is 0 Å². The third kappa shape index (κ3) is 9.81. The highest BCUT2D eigenvalue weighted by Gasteiger charge is 2.14. The Hall–Kier alpha value is -1.10. The van der Waals surface area contributed by atoms with Crippen molar-refractivity contribution in [1.29, 1.82) is 0 Å². The molecule has 0 fully saturated rings. The fourth-order valence-electron chi connectivity index (χ4n) is 1.38. The van der Waals surface area contributed by atoms with E-state index < -0.39 is 0 Å². The first-order valence-corrected chi connectivity index (χ1v) is 5.81. The second-order valence-corrected chi connectivity index (χ2v) is 5.22. The number of hydrogen-bond donors (Lipinski definition) is 1. The Morgan fingerprint density at radius 3 is 2.35 bits per heavy atom. The summed E-state index contributed by atoms with van der Waals surface area (Å²) in [6, 6.07) is 0. The number of nitrogens with one attached hydrogen (secondary N) is 1. The Morgan fingerprint density at radius 1 is 1.29 bits per heavy atom. The van der Waals surface area contributed by atoms with Crippen molar-refractivity contribution in [2.75, 3.05) is 27.2 Å². The van der Waals surface area contributed by atoms with E-state index in [0.29, 0.717) is 25.9 Å². The van der Waals surface area contributed by atoms with Gasteiger partial charge in [-0.1, -0.05) is 0 Å². The van der Waals surface area contributed by atoms with E-state index in [2.05, 4.69) is 10.1 Å².